The van der Waals surface area contributed by atoms with E-state index in [-0.39, 0.29) is 23.5 Å². The monoisotopic (exact) mass is 381 g/mol. The van der Waals surface area contributed by atoms with Crippen LogP contribution in [0.5, 0.6) is 0 Å². The number of aromatic amines is 2. The number of piperidine rings is 1. The summed E-state index contributed by atoms with van der Waals surface area (Å²) in [5.74, 6) is -1.04. The Morgan fingerprint density at radius 2 is 1.93 bits per heavy atom. The molecule has 1 aliphatic heterocycles. The lowest BCUT2D eigenvalue weighted by molar-refractivity contribution is 0.0600. The Labute approximate surface area is 160 Å². The van der Waals surface area contributed by atoms with Crippen LogP contribution in [0.3, 0.4) is 0 Å². The predicted octanol–water partition coefficient (Wildman–Crippen LogP) is 3.01. The Bertz CT molecular complexity index is 1010. The van der Waals surface area contributed by atoms with Gasteiger partial charge in [-0.3, -0.25) is 14.7 Å². The number of hydrogen-bond donors (Lipinski definition) is 3. The van der Waals surface area contributed by atoms with E-state index in [9.17, 15) is 14.0 Å². The molecule has 3 aromatic rings. The maximum absolute atomic E-state index is 13.1. The van der Waals surface area contributed by atoms with E-state index in [1.54, 1.807) is 35.4 Å². The molecule has 0 spiro atoms. The van der Waals surface area contributed by atoms with Gasteiger partial charge in [0.25, 0.3) is 11.8 Å². The minimum atomic E-state index is -0.607. The van der Waals surface area contributed by atoms with Gasteiger partial charge in [0.2, 0.25) is 0 Å². The molecule has 3 heterocycles. The molecule has 0 aliphatic carbocycles. The third kappa shape index (κ3) is 3.40. The maximum Gasteiger partial charge on any atom is 0.270 e. The fourth-order valence-corrected chi connectivity index (χ4v) is 3.61. The predicted molar refractivity (Wildman–Crippen MR) is 101 cm³/mol. The summed E-state index contributed by atoms with van der Waals surface area (Å²) in [6.07, 6.45) is 4.40. The normalized spacial score (nSPS) is 16.9. The molecule has 4 N–H and O–H groups in total. The van der Waals surface area contributed by atoms with E-state index in [2.05, 4.69) is 15.2 Å². The number of amides is 2. The number of nitrogens with one attached hydrogen (secondary N) is 2. The van der Waals surface area contributed by atoms with Crippen LogP contribution in [0.1, 0.15) is 52.0 Å². The topological polar surface area (TPSA) is 108 Å². The Morgan fingerprint density at radius 3 is 2.64 bits per heavy atom. The number of nitrogens with two attached hydrogens (primary N) is 1. The number of likely N-dealkylation sites (tertiary alicyclic amines) is 1. The van der Waals surface area contributed by atoms with Gasteiger partial charge in [0.15, 0.2) is 0 Å². The van der Waals surface area contributed by atoms with Crippen LogP contribution in [0, 0.1) is 5.82 Å². The molecule has 1 unspecified atom stereocenters. The first kappa shape index (κ1) is 18.0. The van der Waals surface area contributed by atoms with Crippen molar-refractivity contribution in [2.75, 3.05) is 6.54 Å². The van der Waals surface area contributed by atoms with Crippen LogP contribution in [-0.2, 0) is 0 Å². The highest BCUT2D eigenvalue weighted by Gasteiger charge is 2.31. The van der Waals surface area contributed by atoms with E-state index in [0.717, 1.165) is 30.4 Å². The number of H-pyrrole nitrogens is 2. The number of rotatable bonds is 4. The van der Waals surface area contributed by atoms with Crippen LogP contribution >= 0.6 is 0 Å². The third-order valence-corrected chi connectivity index (χ3v) is 5.06. The van der Waals surface area contributed by atoms with E-state index in [0.29, 0.717) is 17.9 Å². The Morgan fingerprint density at radius 1 is 1.14 bits per heavy atom. The quantitative estimate of drug-likeness (QED) is 0.646. The van der Waals surface area contributed by atoms with E-state index in [1.807, 2.05) is 0 Å². The van der Waals surface area contributed by atoms with Gasteiger partial charge in [0.05, 0.1) is 11.7 Å². The molecule has 1 atom stereocenters. The summed E-state index contributed by atoms with van der Waals surface area (Å²) < 4.78 is 13.1. The van der Waals surface area contributed by atoms with Crippen LogP contribution in [-0.4, -0.2) is 38.4 Å². The number of carbonyl (C=O) groups is 2. The molecular formula is C20H20FN5O2. The van der Waals surface area contributed by atoms with Crippen molar-refractivity contribution in [1.82, 2.24) is 20.1 Å². The van der Waals surface area contributed by atoms with Gasteiger partial charge in [-0.1, -0.05) is 12.1 Å². The summed E-state index contributed by atoms with van der Waals surface area (Å²) in [5.41, 5.74) is 8.24. The second-order valence-electron chi connectivity index (χ2n) is 6.89. The average molecular weight is 381 g/mol. The summed E-state index contributed by atoms with van der Waals surface area (Å²) in [4.78, 5) is 29.3. The summed E-state index contributed by atoms with van der Waals surface area (Å²) in [5, 5.41) is 6.77. The summed E-state index contributed by atoms with van der Waals surface area (Å²) in [6, 6.07) is 9.30. The zero-order valence-electron chi connectivity index (χ0n) is 15.1. The van der Waals surface area contributed by atoms with Gasteiger partial charge < -0.3 is 15.6 Å². The molecule has 0 radical (unpaired) electrons. The van der Waals surface area contributed by atoms with Crippen LogP contribution < -0.4 is 5.73 Å². The highest BCUT2D eigenvalue weighted by Crippen LogP contribution is 2.32. The molecular weight excluding hydrogens is 361 g/mol. The van der Waals surface area contributed by atoms with Crippen molar-refractivity contribution in [1.29, 1.82) is 0 Å². The number of halogens is 1. The van der Waals surface area contributed by atoms with Crippen LogP contribution in [0.15, 0.2) is 42.6 Å². The average Bonchev–Trinajstić information content (AvgIpc) is 3.38. The molecule has 1 aromatic carbocycles. The number of aromatic nitrogens is 3. The van der Waals surface area contributed by atoms with Crippen molar-refractivity contribution in [3.63, 3.8) is 0 Å². The van der Waals surface area contributed by atoms with Crippen molar-refractivity contribution < 1.29 is 14.0 Å². The third-order valence-electron chi connectivity index (χ3n) is 5.06. The minimum absolute atomic E-state index is 0.131. The molecule has 144 valence electrons. The van der Waals surface area contributed by atoms with Gasteiger partial charge >= 0.3 is 0 Å². The molecule has 0 bridgehead atoms. The first-order chi connectivity index (χ1) is 13.5. The van der Waals surface area contributed by atoms with Gasteiger partial charge in [-0.2, -0.15) is 5.10 Å². The lowest BCUT2D eigenvalue weighted by Crippen LogP contribution is -2.38. The first-order valence-electron chi connectivity index (χ1n) is 9.13. The van der Waals surface area contributed by atoms with Gasteiger partial charge in [-0.25, -0.2) is 4.39 Å². The molecule has 8 heteroatoms. The van der Waals surface area contributed by atoms with Crippen molar-refractivity contribution in [3.8, 4) is 11.1 Å². The van der Waals surface area contributed by atoms with Crippen molar-refractivity contribution >= 4 is 11.8 Å². The fraction of sp³-hybridized carbons (Fsp3) is 0.250. The molecule has 2 amide bonds. The van der Waals surface area contributed by atoms with Crippen molar-refractivity contribution in [2.45, 2.75) is 25.3 Å². The summed E-state index contributed by atoms with van der Waals surface area (Å²) in [7, 11) is 0. The lowest BCUT2D eigenvalue weighted by atomic mass is 9.98. The number of carbonyl (C=O) groups excluding carboxylic acids is 2. The lowest BCUT2D eigenvalue weighted by Gasteiger charge is -2.34. The number of benzene rings is 1. The highest BCUT2D eigenvalue weighted by molar-refractivity contribution is 5.94. The van der Waals surface area contributed by atoms with E-state index < -0.39 is 5.91 Å². The van der Waals surface area contributed by atoms with Crippen LogP contribution in [0.25, 0.3) is 11.1 Å². The largest absolute Gasteiger partial charge is 0.364 e. The van der Waals surface area contributed by atoms with Crippen LogP contribution in [0.4, 0.5) is 4.39 Å². The molecule has 7 nitrogen and oxygen atoms in total. The highest BCUT2D eigenvalue weighted by atomic mass is 19.1. The van der Waals surface area contributed by atoms with E-state index >= 15 is 0 Å². The molecule has 4 rings (SSSR count). The maximum atomic E-state index is 13.1. The van der Waals surface area contributed by atoms with Crippen molar-refractivity contribution in [3.05, 3.63) is 65.5 Å². The zero-order valence-corrected chi connectivity index (χ0v) is 15.1. The van der Waals surface area contributed by atoms with E-state index in [4.69, 9.17) is 5.73 Å². The molecule has 1 fully saturated rings. The SMILES string of the molecule is NC(=O)c1cc(C2CCCCN2C(=O)c2cc(-c3ccc(F)cc3)c[nH]2)[nH]n1. The van der Waals surface area contributed by atoms with Gasteiger partial charge in [-0.05, 0) is 54.7 Å². The smallest absolute Gasteiger partial charge is 0.270 e. The Hall–Kier alpha value is -3.42. The molecule has 0 saturated carbocycles. The minimum Gasteiger partial charge on any atom is -0.364 e. The summed E-state index contributed by atoms with van der Waals surface area (Å²) in [6.45, 7) is 0.610. The zero-order chi connectivity index (χ0) is 19.7. The molecule has 2 aromatic heterocycles. The van der Waals surface area contributed by atoms with Gasteiger partial charge in [0.1, 0.15) is 17.2 Å². The second kappa shape index (κ2) is 7.30. The standard InChI is InChI=1S/C20H20FN5O2/c21-14-6-4-12(5-7-14)13-9-17(23-11-13)20(28)26-8-2-1-3-18(26)15-10-16(19(22)27)25-24-15/h4-7,9-11,18,23H,1-3,8H2,(H2,22,27)(H,24,25). The molecule has 28 heavy (non-hydrogen) atoms. The van der Waals surface area contributed by atoms with E-state index in [1.165, 1.54) is 12.1 Å². The first-order valence-corrected chi connectivity index (χ1v) is 9.13. The number of primary amides is 1. The van der Waals surface area contributed by atoms with Gasteiger partial charge in [0, 0.05) is 12.7 Å². The second-order valence-corrected chi connectivity index (χ2v) is 6.89. The number of hydrogen-bond acceptors (Lipinski definition) is 3. The molecule has 1 saturated heterocycles. The van der Waals surface area contributed by atoms with Crippen molar-refractivity contribution in [2.24, 2.45) is 5.73 Å². The Balaban J connectivity index is 1.58. The van der Waals surface area contributed by atoms with Crippen LogP contribution in [0.2, 0.25) is 0 Å². The summed E-state index contributed by atoms with van der Waals surface area (Å²) >= 11 is 0. The number of nitrogens with zero attached hydrogens (tertiary/aromatic N) is 2. The van der Waals surface area contributed by atoms with Gasteiger partial charge in [-0.15, -0.1) is 0 Å². The Kier molecular flexibility index (Phi) is 4.68. The molecule has 1 aliphatic rings. The fourth-order valence-electron chi connectivity index (χ4n) is 3.61.